The molecule has 0 aliphatic heterocycles. The Hall–Kier alpha value is -4.41. The van der Waals surface area contributed by atoms with Crippen molar-refractivity contribution in [2.75, 3.05) is 16.4 Å². The molecule has 0 atom stereocenters. The van der Waals surface area contributed by atoms with Gasteiger partial charge >= 0.3 is 0 Å². The second-order valence-electron chi connectivity index (χ2n) is 9.72. The van der Waals surface area contributed by atoms with E-state index in [1.807, 2.05) is 60.8 Å². The number of halogens is 2. The number of carbonyl (C=O) groups excluding carboxylic acids is 3. The number of hydrogen-bond acceptors (Lipinski definition) is 6. The van der Waals surface area contributed by atoms with Crippen LogP contribution in [-0.2, 0) is 9.59 Å². The third-order valence-electron chi connectivity index (χ3n) is 6.47. The molecule has 3 N–H and O–H groups in total. The number of anilines is 2. The number of thiazole rings is 1. The van der Waals surface area contributed by atoms with Crippen LogP contribution in [0.4, 0.5) is 10.8 Å². The van der Waals surface area contributed by atoms with E-state index >= 15 is 0 Å². The third-order valence-corrected chi connectivity index (χ3v) is 8.97. The van der Waals surface area contributed by atoms with Crippen molar-refractivity contribution in [3.05, 3.63) is 135 Å². The molecule has 226 valence electrons. The Kier molecular flexibility index (Phi) is 10.7. The fraction of sp³-hybridized carbons (Fsp3) is 0.0588. The summed E-state index contributed by atoms with van der Waals surface area (Å²) in [7, 11) is 0. The third kappa shape index (κ3) is 8.83. The number of aromatic nitrogens is 1. The van der Waals surface area contributed by atoms with E-state index in [2.05, 4.69) is 20.9 Å². The smallest absolute Gasteiger partial charge is 0.272 e. The van der Waals surface area contributed by atoms with Crippen molar-refractivity contribution in [2.45, 2.75) is 11.8 Å². The molecule has 45 heavy (non-hydrogen) atoms. The standard InChI is InChI=1S/C34H26Cl2N4O3S2/c1-21-7-5-6-10-23(21)18-29(38-32(42)22-8-3-2-4-9-22)33(43)37-25-12-14-26(15-13-25)44-20-31(41)40-34-39-30(19-45-34)24-11-16-27(35)28(36)17-24/h2-19H,20H2,1H3,(H,37,43)(H,38,42)(H,39,40,41)/b29-18-. The lowest BCUT2D eigenvalue weighted by Crippen LogP contribution is -2.30. The predicted octanol–water partition coefficient (Wildman–Crippen LogP) is 8.57. The number of hydrogen-bond donors (Lipinski definition) is 3. The fourth-order valence-electron chi connectivity index (χ4n) is 4.10. The maximum atomic E-state index is 13.3. The summed E-state index contributed by atoms with van der Waals surface area (Å²) >= 11 is 14.8. The number of aryl methyl sites for hydroxylation is 1. The van der Waals surface area contributed by atoms with Gasteiger partial charge in [-0.2, -0.15) is 0 Å². The molecule has 1 heterocycles. The van der Waals surface area contributed by atoms with Crippen molar-refractivity contribution < 1.29 is 14.4 Å². The molecule has 4 aromatic carbocycles. The minimum atomic E-state index is -0.467. The summed E-state index contributed by atoms with van der Waals surface area (Å²) in [5.74, 6) is -0.889. The van der Waals surface area contributed by atoms with E-state index in [1.165, 1.54) is 23.1 Å². The first-order valence-corrected chi connectivity index (χ1v) is 16.3. The van der Waals surface area contributed by atoms with E-state index in [9.17, 15) is 14.4 Å². The highest BCUT2D eigenvalue weighted by atomic mass is 35.5. The van der Waals surface area contributed by atoms with Crippen LogP contribution in [0.1, 0.15) is 21.5 Å². The number of thioether (sulfide) groups is 1. The first-order valence-electron chi connectivity index (χ1n) is 13.6. The minimum absolute atomic E-state index is 0.109. The quantitative estimate of drug-likeness (QED) is 0.102. The molecule has 5 aromatic rings. The molecule has 3 amide bonds. The van der Waals surface area contributed by atoms with Gasteiger partial charge in [-0.15, -0.1) is 23.1 Å². The van der Waals surface area contributed by atoms with Crippen molar-refractivity contribution in [3.63, 3.8) is 0 Å². The molecule has 0 bridgehead atoms. The van der Waals surface area contributed by atoms with Crippen molar-refractivity contribution in [2.24, 2.45) is 0 Å². The van der Waals surface area contributed by atoms with Gasteiger partial charge in [0, 0.05) is 27.1 Å². The Morgan fingerprint density at radius 1 is 0.867 bits per heavy atom. The number of benzene rings is 4. The SMILES string of the molecule is Cc1ccccc1/C=C(\NC(=O)c1ccccc1)C(=O)Nc1ccc(SCC(=O)Nc2nc(-c3ccc(Cl)c(Cl)c3)cs2)cc1. The second-order valence-corrected chi connectivity index (χ2v) is 12.4. The van der Waals surface area contributed by atoms with E-state index in [-0.39, 0.29) is 23.3 Å². The van der Waals surface area contributed by atoms with Crippen LogP contribution in [-0.4, -0.2) is 28.5 Å². The topological polar surface area (TPSA) is 100 Å². The van der Waals surface area contributed by atoms with Gasteiger partial charge in [0.05, 0.1) is 21.5 Å². The molecule has 0 aliphatic carbocycles. The average Bonchev–Trinajstić information content (AvgIpc) is 3.51. The van der Waals surface area contributed by atoms with Gasteiger partial charge in [-0.25, -0.2) is 4.98 Å². The summed E-state index contributed by atoms with van der Waals surface area (Å²) in [5, 5.41) is 11.6. The van der Waals surface area contributed by atoms with E-state index in [0.29, 0.717) is 32.1 Å². The summed E-state index contributed by atoms with van der Waals surface area (Å²) in [6.45, 7) is 1.93. The second kappa shape index (κ2) is 15.0. The van der Waals surface area contributed by atoms with Crippen LogP contribution < -0.4 is 16.0 Å². The molecule has 1 aromatic heterocycles. The molecule has 5 rings (SSSR count). The fourth-order valence-corrected chi connectivity index (χ4v) is 5.84. The van der Waals surface area contributed by atoms with Gasteiger partial charge in [-0.05, 0) is 72.7 Å². The molecule has 0 spiro atoms. The summed E-state index contributed by atoms with van der Waals surface area (Å²) in [6.07, 6.45) is 1.66. The molecule has 0 aliphatic rings. The maximum absolute atomic E-state index is 13.3. The van der Waals surface area contributed by atoms with Crippen molar-refractivity contribution in [1.82, 2.24) is 10.3 Å². The number of rotatable bonds is 10. The number of nitrogens with one attached hydrogen (secondary N) is 3. The zero-order valence-electron chi connectivity index (χ0n) is 23.8. The van der Waals surface area contributed by atoms with Gasteiger partial charge < -0.3 is 16.0 Å². The van der Waals surface area contributed by atoms with Crippen LogP contribution in [0.5, 0.6) is 0 Å². The van der Waals surface area contributed by atoms with Crippen LogP contribution in [0.25, 0.3) is 17.3 Å². The summed E-state index contributed by atoms with van der Waals surface area (Å²) in [5.41, 5.74) is 4.35. The molecule has 11 heteroatoms. The van der Waals surface area contributed by atoms with Crippen LogP contribution in [0.15, 0.2) is 113 Å². The van der Waals surface area contributed by atoms with Crippen LogP contribution in [0.2, 0.25) is 10.0 Å². The lowest BCUT2D eigenvalue weighted by Gasteiger charge is -2.12. The van der Waals surface area contributed by atoms with E-state index in [0.717, 1.165) is 21.6 Å². The largest absolute Gasteiger partial charge is 0.321 e. The maximum Gasteiger partial charge on any atom is 0.272 e. The van der Waals surface area contributed by atoms with Gasteiger partial charge in [0.1, 0.15) is 5.70 Å². The normalized spacial score (nSPS) is 11.1. The Morgan fingerprint density at radius 2 is 1.60 bits per heavy atom. The summed E-state index contributed by atoms with van der Waals surface area (Å²) in [6, 6.07) is 28.7. The van der Waals surface area contributed by atoms with E-state index in [1.54, 1.807) is 54.6 Å². The highest BCUT2D eigenvalue weighted by Crippen LogP contribution is 2.31. The van der Waals surface area contributed by atoms with Crippen LogP contribution in [0.3, 0.4) is 0 Å². The zero-order valence-corrected chi connectivity index (χ0v) is 27.0. The van der Waals surface area contributed by atoms with Gasteiger partial charge in [0.15, 0.2) is 5.13 Å². The highest BCUT2D eigenvalue weighted by molar-refractivity contribution is 8.00. The lowest BCUT2D eigenvalue weighted by molar-refractivity contribution is -0.114. The Bertz CT molecular complexity index is 1880. The molecule has 0 radical (unpaired) electrons. The first-order chi connectivity index (χ1) is 21.7. The number of nitrogens with zero attached hydrogens (tertiary/aromatic N) is 1. The first kappa shape index (κ1) is 32.0. The average molecular weight is 674 g/mol. The lowest BCUT2D eigenvalue weighted by atomic mass is 10.1. The number of carbonyl (C=O) groups is 3. The molecule has 7 nitrogen and oxygen atoms in total. The molecule has 0 unspecified atom stereocenters. The van der Waals surface area contributed by atoms with Crippen molar-refractivity contribution in [1.29, 1.82) is 0 Å². The molecule has 0 saturated carbocycles. The van der Waals surface area contributed by atoms with E-state index in [4.69, 9.17) is 23.2 Å². The highest BCUT2D eigenvalue weighted by Gasteiger charge is 2.16. The van der Waals surface area contributed by atoms with Gasteiger partial charge in [-0.3, -0.25) is 14.4 Å². The van der Waals surface area contributed by atoms with Crippen molar-refractivity contribution in [3.8, 4) is 11.3 Å². The predicted molar refractivity (Wildman–Crippen MR) is 185 cm³/mol. The molecular weight excluding hydrogens is 647 g/mol. The van der Waals surface area contributed by atoms with Gasteiger partial charge in [0.2, 0.25) is 5.91 Å². The van der Waals surface area contributed by atoms with Gasteiger partial charge in [0.25, 0.3) is 11.8 Å². The molecule has 0 saturated heterocycles. The monoisotopic (exact) mass is 672 g/mol. The van der Waals surface area contributed by atoms with Crippen molar-refractivity contribution >= 4 is 80.9 Å². The van der Waals surface area contributed by atoms with E-state index < -0.39 is 5.91 Å². The van der Waals surface area contributed by atoms with Gasteiger partial charge in [-0.1, -0.05) is 71.7 Å². The van der Waals surface area contributed by atoms with Crippen LogP contribution >= 0.6 is 46.3 Å². The zero-order chi connectivity index (χ0) is 31.8. The Balaban J connectivity index is 1.19. The minimum Gasteiger partial charge on any atom is -0.321 e. The Morgan fingerprint density at radius 3 is 2.33 bits per heavy atom. The molecular formula is C34H26Cl2N4O3S2. The van der Waals surface area contributed by atoms with Crippen LogP contribution in [0, 0.1) is 6.92 Å². The summed E-state index contributed by atoms with van der Waals surface area (Å²) in [4.78, 5) is 44.1. The number of amides is 3. The summed E-state index contributed by atoms with van der Waals surface area (Å²) < 4.78 is 0. The molecule has 0 fully saturated rings. The Labute approximate surface area is 278 Å².